The number of nitrogens with one attached hydrogen (secondary N) is 1. The van der Waals surface area contributed by atoms with Gasteiger partial charge in [0.15, 0.2) is 0 Å². The van der Waals surface area contributed by atoms with Crippen LogP contribution in [0.2, 0.25) is 5.02 Å². The molecule has 1 atom stereocenters. The molecule has 0 saturated carbocycles. The quantitative estimate of drug-likeness (QED) is 0.494. The van der Waals surface area contributed by atoms with Gasteiger partial charge in [0.2, 0.25) is 0 Å². The van der Waals surface area contributed by atoms with Crippen LogP contribution in [-0.2, 0) is 13.1 Å². The Balaban J connectivity index is 0.00000112. The molecule has 1 N–H and O–H groups in total. The molecule has 1 aliphatic rings. The van der Waals surface area contributed by atoms with Gasteiger partial charge in [-0.05, 0) is 43.2 Å². The summed E-state index contributed by atoms with van der Waals surface area (Å²) in [7, 11) is 0. The van der Waals surface area contributed by atoms with Crippen molar-refractivity contribution in [3.8, 4) is 17.0 Å². The number of fused-ring (bicyclic) bond motifs is 2. The van der Waals surface area contributed by atoms with Crippen LogP contribution >= 0.6 is 11.6 Å². The number of halogens is 1. The lowest BCUT2D eigenvalue weighted by atomic mass is 10.1. The van der Waals surface area contributed by atoms with Crippen molar-refractivity contribution in [2.24, 2.45) is 0 Å². The first kappa shape index (κ1) is 21.3. The zero-order chi connectivity index (χ0) is 22.0. The molecule has 0 aliphatic carbocycles. The van der Waals surface area contributed by atoms with E-state index in [9.17, 15) is 0 Å². The first-order valence-corrected chi connectivity index (χ1v) is 11.0. The summed E-state index contributed by atoms with van der Waals surface area (Å²) >= 11 is 6.42. The third kappa shape index (κ3) is 4.03. The molecule has 31 heavy (non-hydrogen) atoms. The number of hydrogen-bond donors (Lipinski definition) is 1. The Labute approximate surface area is 187 Å². The number of aromatic nitrogens is 5. The first-order valence-electron chi connectivity index (χ1n) is 10.6. The van der Waals surface area contributed by atoms with Gasteiger partial charge in [-0.1, -0.05) is 25.4 Å². The average molecular weight is 439 g/mol. The van der Waals surface area contributed by atoms with Crippen LogP contribution in [0.25, 0.3) is 16.8 Å². The summed E-state index contributed by atoms with van der Waals surface area (Å²) in [5.41, 5.74) is 6.08. The maximum atomic E-state index is 6.42. The Bertz CT molecular complexity index is 1180. The van der Waals surface area contributed by atoms with Gasteiger partial charge in [0, 0.05) is 37.2 Å². The summed E-state index contributed by atoms with van der Waals surface area (Å²) in [6.07, 6.45) is 6.96. The Kier molecular flexibility index (Phi) is 6.25. The minimum Gasteiger partial charge on any atom is -0.484 e. The van der Waals surface area contributed by atoms with Gasteiger partial charge in [-0.15, -0.1) is 0 Å². The number of rotatable bonds is 4. The molecule has 0 radical (unpaired) electrons. The third-order valence-electron chi connectivity index (χ3n) is 5.40. The van der Waals surface area contributed by atoms with Gasteiger partial charge in [-0.3, -0.25) is 9.67 Å². The summed E-state index contributed by atoms with van der Waals surface area (Å²) in [5.74, 6) is 0.679. The third-order valence-corrected chi connectivity index (χ3v) is 5.67. The van der Waals surface area contributed by atoms with Crippen LogP contribution in [0.5, 0.6) is 5.75 Å². The second-order valence-electron chi connectivity index (χ2n) is 7.24. The van der Waals surface area contributed by atoms with Crippen molar-refractivity contribution in [2.45, 2.75) is 46.9 Å². The number of nitrogens with zero attached hydrogens (tertiary/aromatic N) is 5. The van der Waals surface area contributed by atoms with Gasteiger partial charge < -0.3 is 10.1 Å². The highest BCUT2D eigenvalue weighted by molar-refractivity contribution is 6.34. The van der Waals surface area contributed by atoms with Crippen LogP contribution in [0.1, 0.15) is 43.7 Å². The fourth-order valence-electron chi connectivity index (χ4n) is 3.82. The van der Waals surface area contributed by atoms with E-state index >= 15 is 0 Å². The summed E-state index contributed by atoms with van der Waals surface area (Å²) in [6, 6.07) is 5.91. The molecule has 0 fully saturated rings. The van der Waals surface area contributed by atoms with E-state index in [-0.39, 0.29) is 6.10 Å². The van der Waals surface area contributed by atoms with E-state index in [1.165, 1.54) is 11.3 Å². The molecule has 7 nitrogen and oxygen atoms in total. The van der Waals surface area contributed by atoms with Crippen molar-refractivity contribution < 1.29 is 4.74 Å². The summed E-state index contributed by atoms with van der Waals surface area (Å²) in [4.78, 5) is 4.08. The Hall–Kier alpha value is -2.90. The smallest absolute Gasteiger partial charge is 0.148 e. The topological polar surface area (TPSA) is 69.3 Å². The van der Waals surface area contributed by atoms with Gasteiger partial charge in [0.1, 0.15) is 17.4 Å². The molecule has 5 heterocycles. The van der Waals surface area contributed by atoms with Crippen LogP contribution in [0.4, 0.5) is 0 Å². The number of ether oxygens (including phenoxy) is 1. The normalized spacial score (nSPS) is 14.0. The zero-order valence-corrected chi connectivity index (χ0v) is 19.0. The molecule has 0 amide bonds. The van der Waals surface area contributed by atoms with E-state index in [2.05, 4.69) is 27.0 Å². The van der Waals surface area contributed by atoms with E-state index in [0.29, 0.717) is 10.8 Å². The van der Waals surface area contributed by atoms with Crippen molar-refractivity contribution in [2.75, 3.05) is 6.54 Å². The fraction of sp³-hybridized carbons (Fsp3) is 0.348. The molecule has 0 saturated heterocycles. The highest BCUT2D eigenvalue weighted by Crippen LogP contribution is 2.35. The second-order valence-corrected chi connectivity index (χ2v) is 7.65. The predicted octanol–water partition coefficient (Wildman–Crippen LogP) is 4.82. The SMILES string of the molecule is CC.Cc1c(-c2cc(OC(C)c3ccncc3)c3c(Cl)cnn3c2)nn2c1CNCC2. The summed E-state index contributed by atoms with van der Waals surface area (Å²) in [6.45, 7) is 10.8. The van der Waals surface area contributed by atoms with Crippen LogP contribution in [0.3, 0.4) is 0 Å². The van der Waals surface area contributed by atoms with E-state index in [1.807, 2.05) is 45.2 Å². The van der Waals surface area contributed by atoms with Crippen LogP contribution in [-0.4, -0.2) is 30.9 Å². The lowest BCUT2D eigenvalue weighted by Gasteiger charge is -2.17. The fourth-order valence-corrected chi connectivity index (χ4v) is 4.05. The lowest BCUT2D eigenvalue weighted by molar-refractivity contribution is 0.229. The second kappa shape index (κ2) is 9.08. The number of pyridine rings is 2. The van der Waals surface area contributed by atoms with E-state index in [0.717, 1.165) is 42.0 Å². The lowest BCUT2D eigenvalue weighted by Crippen LogP contribution is -2.28. The predicted molar refractivity (Wildman–Crippen MR) is 122 cm³/mol. The molecule has 1 aliphatic heterocycles. The molecule has 162 valence electrons. The molecular weight excluding hydrogens is 412 g/mol. The van der Waals surface area contributed by atoms with Crippen molar-refractivity contribution in [3.63, 3.8) is 0 Å². The maximum absolute atomic E-state index is 6.42. The Morgan fingerprint density at radius 1 is 1.23 bits per heavy atom. The molecular formula is C23H27ClN6O. The molecule has 4 aromatic heterocycles. The van der Waals surface area contributed by atoms with Crippen molar-refractivity contribution >= 4 is 17.1 Å². The van der Waals surface area contributed by atoms with Gasteiger partial charge in [-0.25, -0.2) is 4.52 Å². The average Bonchev–Trinajstić information content (AvgIpc) is 3.36. The maximum Gasteiger partial charge on any atom is 0.148 e. The van der Waals surface area contributed by atoms with Gasteiger partial charge in [0.05, 0.1) is 29.2 Å². The van der Waals surface area contributed by atoms with Crippen molar-refractivity contribution in [3.05, 3.63) is 64.8 Å². The monoisotopic (exact) mass is 438 g/mol. The summed E-state index contributed by atoms with van der Waals surface area (Å²) < 4.78 is 10.2. The molecule has 5 rings (SSSR count). The van der Waals surface area contributed by atoms with Crippen molar-refractivity contribution in [1.82, 2.24) is 29.7 Å². The first-order chi connectivity index (χ1) is 15.1. The van der Waals surface area contributed by atoms with Crippen LogP contribution in [0, 0.1) is 6.92 Å². The molecule has 0 aromatic carbocycles. The van der Waals surface area contributed by atoms with Gasteiger partial charge in [0.25, 0.3) is 0 Å². The van der Waals surface area contributed by atoms with E-state index < -0.39 is 0 Å². The molecule has 0 spiro atoms. The molecule has 0 bridgehead atoms. The largest absolute Gasteiger partial charge is 0.484 e. The van der Waals surface area contributed by atoms with Crippen LogP contribution < -0.4 is 10.1 Å². The van der Waals surface area contributed by atoms with Crippen molar-refractivity contribution in [1.29, 1.82) is 0 Å². The van der Waals surface area contributed by atoms with Gasteiger partial charge >= 0.3 is 0 Å². The Morgan fingerprint density at radius 2 is 2.00 bits per heavy atom. The zero-order valence-electron chi connectivity index (χ0n) is 18.3. The summed E-state index contributed by atoms with van der Waals surface area (Å²) in [5, 5.41) is 13.2. The standard InChI is InChI=1S/C21H21ClN6O.C2H6/c1-13-18-11-24-7-8-27(18)26-20(13)16-9-19(21-17(22)10-25-28(21)12-16)29-14(2)15-3-5-23-6-4-15;1-2/h3-6,9-10,12,14,24H,7-8,11H2,1-2H3;1-2H3. The highest BCUT2D eigenvalue weighted by atomic mass is 35.5. The Morgan fingerprint density at radius 3 is 2.74 bits per heavy atom. The number of hydrogen-bond acceptors (Lipinski definition) is 5. The highest BCUT2D eigenvalue weighted by Gasteiger charge is 2.21. The molecule has 1 unspecified atom stereocenters. The minimum atomic E-state index is -0.163. The van der Waals surface area contributed by atoms with Crippen LogP contribution in [0.15, 0.2) is 43.0 Å². The van der Waals surface area contributed by atoms with Gasteiger partial charge in [-0.2, -0.15) is 10.2 Å². The van der Waals surface area contributed by atoms with E-state index in [1.54, 1.807) is 23.1 Å². The molecule has 4 aromatic rings. The van der Waals surface area contributed by atoms with E-state index in [4.69, 9.17) is 21.4 Å². The molecule has 8 heteroatoms. The minimum absolute atomic E-state index is 0.163.